The second-order valence-electron chi connectivity index (χ2n) is 5.66. The minimum Gasteiger partial charge on any atom is -0.452 e. The molecule has 0 aliphatic carbocycles. The molecular weight excluding hydrogens is 379 g/mol. The van der Waals surface area contributed by atoms with E-state index in [4.69, 9.17) is 4.74 Å². The van der Waals surface area contributed by atoms with E-state index in [2.05, 4.69) is 5.32 Å². The molecule has 2 rings (SSSR count). The highest BCUT2D eigenvalue weighted by molar-refractivity contribution is 8.00. The van der Waals surface area contributed by atoms with Crippen molar-refractivity contribution in [2.75, 3.05) is 12.3 Å². The van der Waals surface area contributed by atoms with Crippen LogP contribution < -0.4 is 5.32 Å². The monoisotopic (exact) mass is 397 g/mol. The van der Waals surface area contributed by atoms with Crippen molar-refractivity contribution in [3.8, 4) is 0 Å². The van der Waals surface area contributed by atoms with Gasteiger partial charge in [0.15, 0.2) is 6.10 Å². The number of amides is 1. The van der Waals surface area contributed by atoms with Crippen LogP contribution in [0.1, 0.15) is 12.5 Å². The molecule has 4 nitrogen and oxygen atoms in total. The van der Waals surface area contributed by atoms with Gasteiger partial charge in [0.1, 0.15) is 17.5 Å². The molecule has 0 aliphatic rings. The Morgan fingerprint density at radius 3 is 2.44 bits per heavy atom. The highest BCUT2D eigenvalue weighted by atomic mass is 32.2. The van der Waals surface area contributed by atoms with Crippen molar-refractivity contribution >= 4 is 23.6 Å². The Morgan fingerprint density at radius 2 is 1.74 bits per heavy atom. The molecule has 144 valence electrons. The van der Waals surface area contributed by atoms with Gasteiger partial charge >= 0.3 is 5.97 Å². The third-order valence-electron chi connectivity index (χ3n) is 3.54. The number of hydrogen-bond donors (Lipinski definition) is 1. The molecule has 2 aromatic carbocycles. The maximum atomic E-state index is 13.5. The summed E-state index contributed by atoms with van der Waals surface area (Å²) >= 11 is 0.787. The lowest BCUT2D eigenvalue weighted by Gasteiger charge is -2.13. The number of ether oxygens (including phenoxy) is 1. The van der Waals surface area contributed by atoms with Gasteiger partial charge in [0.25, 0.3) is 5.91 Å². The summed E-state index contributed by atoms with van der Waals surface area (Å²) in [6.07, 6.45) is -0.523. The van der Waals surface area contributed by atoms with E-state index in [1.54, 1.807) is 12.1 Å². The molecule has 8 heteroatoms. The molecule has 0 saturated carbocycles. The second kappa shape index (κ2) is 10.0. The average molecular weight is 397 g/mol. The highest BCUT2D eigenvalue weighted by Gasteiger charge is 2.18. The first kappa shape index (κ1) is 20.8. The highest BCUT2D eigenvalue weighted by Crippen LogP contribution is 2.22. The first-order valence-corrected chi connectivity index (χ1v) is 9.13. The van der Waals surface area contributed by atoms with Gasteiger partial charge in [0.2, 0.25) is 0 Å². The first-order chi connectivity index (χ1) is 12.8. The lowest BCUT2D eigenvalue weighted by molar-refractivity contribution is -0.152. The summed E-state index contributed by atoms with van der Waals surface area (Å²) in [5.74, 6) is -3.04. The van der Waals surface area contributed by atoms with Crippen LogP contribution in [0.5, 0.6) is 0 Å². The molecule has 1 atom stereocenters. The van der Waals surface area contributed by atoms with Crippen LogP contribution in [-0.2, 0) is 20.7 Å². The molecular formula is C19H18F3NO3S. The summed E-state index contributed by atoms with van der Waals surface area (Å²) in [7, 11) is 0. The number of halogens is 3. The van der Waals surface area contributed by atoms with Gasteiger partial charge in [-0.2, -0.15) is 0 Å². The third-order valence-corrected chi connectivity index (χ3v) is 4.55. The Balaban J connectivity index is 1.72. The van der Waals surface area contributed by atoms with E-state index in [1.807, 2.05) is 0 Å². The van der Waals surface area contributed by atoms with E-state index in [1.165, 1.54) is 19.1 Å². The van der Waals surface area contributed by atoms with Gasteiger partial charge in [0, 0.05) is 11.4 Å². The zero-order valence-electron chi connectivity index (χ0n) is 14.5. The molecule has 0 bridgehead atoms. The SMILES string of the molecule is C[C@@H](OC(=O)CSc1cc(F)ccc1F)C(=O)NCCc1ccc(F)cc1. The molecule has 0 aromatic heterocycles. The molecule has 2 aromatic rings. The molecule has 0 unspecified atom stereocenters. The number of thioether (sulfide) groups is 1. The van der Waals surface area contributed by atoms with Gasteiger partial charge in [-0.3, -0.25) is 9.59 Å². The standard InChI is InChI=1S/C19H18F3NO3S/c1-12(19(25)23-9-8-13-2-4-14(20)5-3-13)26-18(24)11-27-17-10-15(21)6-7-16(17)22/h2-7,10,12H,8-9,11H2,1H3,(H,23,25)/t12-/m1/s1. The van der Waals surface area contributed by atoms with Crippen molar-refractivity contribution in [3.05, 3.63) is 65.5 Å². The number of hydrogen-bond acceptors (Lipinski definition) is 4. The van der Waals surface area contributed by atoms with E-state index in [-0.39, 0.29) is 16.5 Å². The Labute approximate surface area is 159 Å². The normalized spacial score (nSPS) is 11.7. The van der Waals surface area contributed by atoms with Crippen molar-refractivity contribution in [2.24, 2.45) is 0 Å². The summed E-state index contributed by atoms with van der Waals surface area (Å²) in [5, 5.41) is 2.61. The molecule has 27 heavy (non-hydrogen) atoms. The average Bonchev–Trinajstić information content (AvgIpc) is 2.64. The predicted molar refractivity (Wildman–Crippen MR) is 95.7 cm³/mol. The maximum absolute atomic E-state index is 13.5. The van der Waals surface area contributed by atoms with E-state index < -0.39 is 29.6 Å². The lowest BCUT2D eigenvalue weighted by Crippen LogP contribution is -2.37. The van der Waals surface area contributed by atoms with Crippen LogP contribution >= 0.6 is 11.8 Å². The second-order valence-corrected chi connectivity index (χ2v) is 6.68. The summed E-state index contributed by atoms with van der Waals surface area (Å²) < 4.78 is 44.4. The van der Waals surface area contributed by atoms with Gasteiger partial charge in [-0.05, 0) is 49.2 Å². The zero-order chi connectivity index (χ0) is 19.8. The minimum atomic E-state index is -1.02. The number of carbonyl (C=O) groups excluding carboxylic acids is 2. The number of carbonyl (C=O) groups is 2. The lowest BCUT2D eigenvalue weighted by atomic mass is 10.1. The molecule has 0 fully saturated rings. The molecule has 0 saturated heterocycles. The van der Waals surface area contributed by atoms with Crippen LogP contribution in [0.25, 0.3) is 0 Å². The van der Waals surface area contributed by atoms with Crippen LogP contribution in [0, 0.1) is 17.5 Å². The topological polar surface area (TPSA) is 55.4 Å². The van der Waals surface area contributed by atoms with Crippen LogP contribution in [0.4, 0.5) is 13.2 Å². The third kappa shape index (κ3) is 6.97. The minimum absolute atomic E-state index is 0.0108. The number of esters is 1. The smallest absolute Gasteiger partial charge is 0.317 e. The summed E-state index contributed by atoms with van der Waals surface area (Å²) in [5.41, 5.74) is 0.856. The van der Waals surface area contributed by atoms with Crippen molar-refractivity contribution in [2.45, 2.75) is 24.3 Å². The summed E-state index contributed by atoms with van der Waals surface area (Å²) in [6, 6.07) is 8.85. The van der Waals surface area contributed by atoms with Crippen molar-refractivity contribution in [3.63, 3.8) is 0 Å². The predicted octanol–water partition coefficient (Wildman–Crippen LogP) is 3.49. The summed E-state index contributed by atoms with van der Waals surface area (Å²) in [6.45, 7) is 1.72. The van der Waals surface area contributed by atoms with Crippen molar-refractivity contribution in [1.82, 2.24) is 5.32 Å². The fourth-order valence-electron chi connectivity index (χ4n) is 2.13. The van der Waals surface area contributed by atoms with E-state index in [9.17, 15) is 22.8 Å². The van der Waals surface area contributed by atoms with Gasteiger partial charge in [-0.25, -0.2) is 13.2 Å². The Hall–Kier alpha value is -2.48. The molecule has 0 aliphatic heterocycles. The van der Waals surface area contributed by atoms with Gasteiger partial charge in [-0.1, -0.05) is 12.1 Å². The van der Waals surface area contributed by atoms with Gasteiger partial charge in [-0.15, -0.1) is 11.8 Å². The zero-order valence-corrected chi connectivity index (χ0v) is 15.3. The van der Waals surface area contributed by atoms with Gasteiger partial charge < -0.3 is 10.1 Å². The quantitative estimate of drug-likeness (QED) is 0.547. The molecule has 0 spiro atoms. The Kier molecular flexibility index (Phi) is 7.72. The summed E-state index contributed by atoms with van der Waals surface area (Å²) in [4.78, 5) is 23.7. The molecule has 1 N–H and O–H groups in total. The van der Waals surface area contributed by atoms with Crippen LogP contribution in [0.2, 0.25) is 0 Å². The molecule has 0 radical (unpaired) electrons. The van der Waals surface area contributed by atoms with E-state index in [0.29, 0.717) is 13.0 Å². The molecule has 0 heterocycles. The van der Waals surface area contributed by atoms with E-state index >= 15 is 0 Å². The molecule has 1 amide bonds. The first-order valence-electron chi connectivity index (χ1n) is 8.14. The fraction of sp³-hybridized carbons (Fsp3) is 0.263. The van der Waals surface area contributed by atoms with Crippen molar-refractivity contribution in [1.29, 1.82) is 0 Å². The largest absolute Gasteiger partial charge is 0.452 e. The number of nitrogens with one attached hydrogen (secondary N) is 1. The maximum Gasteiger partial charge on any atom is 0.317 e. The van der Waals surface area contributed by atoms with Crippen molar-refractivity contribution < 1.29 is 27.5 Å². The fourth-order valence-corrected chi connectivity index (χ4v) is 2.88. The van der Waals surface area contributed by atoms with Crippen LogP contribution in [0.3, 0.4) is 0 Å². The Bertz CT molecular complexity index is 799. The van der Waals surface area contributed by atoms with Crippen LogP contribution in [-0.4, -0.2) is 30.3 Å². The van der Waals surface area contributed by atoms with E-state index in [0.717, 1.165) is 35.5 Å². The van der Waals surface area contributed by atoms with Gasteiger partial charge in [0.05, 0.1) is 5.75 Å². The number of benzene rings is 2. The van der Waals surface area contributed by atoms with Crippen LogP contribution in [0.15, 0.2) is 47.4 Å². The Morgan fingerprint density at radius 1 is 1.07 bits per heavy atom. The number of rotatable bonds is 8.